The van der Waals surface area contributed by atoms with Crippen LogP contribution >= 0.6 is 35.3 Å². The summed E-state index contributed by atoms with van der Waals surface area (Å²) in [4.78, 5) is 19.8. The number of hydrogen-bond donors (Lipinski definition) is 3. The van der Waals surface area contributed by atoms with Crippen molar-refractivity contribution in [3.8, 4) is 0 Å². The van der Waals surface area contributed by atoms with E-state index >= 15 is 0 Å². The normalized spacial score (nSPS) is 17.6. The van der Waals surface area contributed by atoms with E-state index in [9.17, 15) is 4.79 Å². The Morgan fingerprint density at radius 1 is 1.25 bits per heavy atom. The number of likely N-dealkylation sites (tertiary alicyclic amines) is 1. The third-order valence-corrected chi connectivity index (χ3v) is 5.70. The molecule has 0 bridgehead atoms. The molecular formula is C20H36IN5OS. The van der Waals surface area contributed by atoms with Gasteiger partial charge in [-0.25, -0.2) is 0 Å². The van der Waals surface area contributed by atoms with Gasteiger partial charge >= 0.3 is 0 Å². The molecule has 28 heavy (non-hydrogen) atoms. The molecule has 0 radical (unpaired) electrons. The SMILES string of the molecule is CCNC(=NCCCNC(=O)c1cccs1)NCCCN1CCCCC1C.I. The Hall–Kier alpha value is -0.870. The molecule has 1 aromatic heterocycles. The number of carbonyl (C=O) groups is 1. The van der Waals surface area contributed by atoms with E-state index in [-0.39, 0.29) is 29.9 Å². The van der Waals surface area contributed by atoms with Crippen LogP contribution in [0.25, 0.3) is 0 Å². The molecule has 1 atom stereocenters. The van der Waals surface area contributed by atoms with E-state index in [1.165, 1.54) is 37.1 Å². The second kappa shape index (κ2) is 15.0. The van der Waals surface area contributed by atoms with Crippen molar-refractivity contribution in [2.75, 3.05) is 39.3 Å². The highest BCUT2D eigenvalue weighted by molar-refractivity contribution is 14.0. The summed E-state index contributed by atoms with van der Waals surface area (Å²) >= 11 is 1.46. The third-order valence-electron chi connectivity index (χ3n) is 4.83. The Morgan fingerprint density at radius 3 is 2.79 bits per heavy atom. The number of nitrogens with zero attached hydrogens (tertiary/aromatic N) is 2. The number of guanidine groups is 1. The number of amides is 1. The molecule has 1 aromatic rings. The van der Waals surface area contributed by atoms with E-state index in [1.54, 1.807) is 0 Å². The standard InChI is InChI=1S/C20H35N5OS.HI/c1-3-21-20(24-13-8-15-25-14-5-4-9-17(25)2)23-12-7-11-22-19(26)18-10-6-16-27-18;/h6,10,16-17H,3-5,7-9,11-15H2,1-2H3,(H,22,26)(H2,21,23,24);1H. The average Bonchev–Trinajstić information content (AvgIpc) is 3.21. The number of carbonyl (C=O) groups excluding carboxylic acids is 1. The summed E-state index contributed by atoms with van der Waals surface area (Å²) in [6.45, 7) is 9.95. The highest BCUT2D eigenvalue weighted by Gasteiger charge is 2.17. The van der Waals surface area contributed by atoms with E-state index in [2.05, 4.69) is 39.7 Å². The summed E-state index contributed by atoms with van der Waals surface area (Å²) in [5.41, 5.74) is 0. The number of rotatable bonds is 10. The summed E-state index contributed by atoms with van der Waals surface area (Å²) in [6.07, 6.45) is 6.01. The van der Waals surface area contributed by atoms with Crippen LogP contribution in [-0.4, -0.2) is 62.1 Å². The zero-order valence-electron chi connectivity index (χ0n) is 17.2. The maximum absolute atomic E-state index is 11.9. The zero-order valence-corrected chi connectivity index (χ0v) is 20.4. The van der Waals surface area contributed by atoms with E-state index in [0.29, 0.717) is 13.1 Å². The number of hydrogen-bond acceptors (Lipinski definition) is 4. The predicted octanol–water partition coefficient (Wildman–Crippen LogP) is 3.31. The van der Waals surface area contributed by atoms with E-state index in [4.69, 9.17) is 0 Å². The number of nitrogens with one attached hydrogen (secondary N) is 3. The molecular weight excluding hydrogens is 485 g/mol. The van der Waals surface area contributed by atoms with Gasteiger partial charge in [0.05, 0.1) is 4.88 Å². The van der Waals surface area contributed by atoms with Gasteiger partial charge in [0.15, 0.2) is 5.96 Å². The van der Waals surface area contributed by atoms with Crippen molar-refractivity contribution in [2.24, 2.45) is 4.99 Å². The Kier molecular flexibility index (Phi) is 13.5. The molecule has 6 nitrogen and oxygen atoms in total. The van der Waals surface area contributed by atoms with Crippen LogP contribution in [0, 0.1) is 0 Å². The Bertz CT molecular complexity index is 567. The molecule has 0 spiro atoms. The fourth-order valence-electron chi connectivity index (χ4n) is 3.29. The minimum Gasteiger partial charge on any atom is -0.357 e. The molecule has 2 heterocycles. The third kappa shape index (κ3) is 9.56. The Morgan fingerprint density at radius 2 is 2.07 bits per heavy atom. The first-order chi connectivity index (χ1) is 13.2. The van der Waals surface area contributed by atoms with Gasteiger partial charge in [-0.15, -0.1) is 35.3 Å². The van der Waals surface area contributed by atoms with Crippen molar-refractivity contribution in [1.82, 2.24) is 20.9 Å². The predicted molar refractivity (Wildman–Crippen MR) is 130 cm³/mol. The van der Waals surface area contributed by atoms with E-state index < -0.39 is 0 Å². The van der Waals surface area contributed by atoms with Gasteiger partial charge in [0.2, 0.25) is 0 Å². The van der Waals surface area contributed by atoms with Gasteiger partial charge in [-0.1, -0.05) is 12.5 Å². The monoisotopic (exact) mass is 521 g/mol. The smallest absolute Gasteiger partial charge is 0.261 e. The van der Waals surface area contributed by atoms with Gasteiger partial charge in [-0.05, 0) is 57.5 Å². The van der Waals surface area contributed by atoms with Crippen molar-refractivity contribution in [3.63, 3.8) is 0 Å². The Balaban J connectivity index is 0.00000392. The summed E-state index contributed by atoms with van der Waals surface area (Å²) in [5, 5.41) is 11.6. The minimum absolute atomic E-state index is 0. The quantitative estimate of drug-likeness (QED) is 0.191. The van der Waals surface area contributed by atoms with Crippen LogP contribution in [-0.2, 0) is 0 Å². The molecule has 1 unspecified atom stereocenters. The molecule has 0 saturated carbocycles. The minimum atomic E-state index is 0. The maximum Gasteiger partial charge on any atom is 0.261 e. The number of piperidine rings is 1. The van der Waals surface area contributed by atoms with Crippen molar-refractivity contribution in [3.05, 3.63) is 22.4 Å². The molecule has 1 aliphatic heterocycles. The first-order valence-corrected chi connectivity index (χ1v) is 11.2. The maximum atomic E-state index is 11.9. The van der Waals surface area contributed by atoms with E-state index in [0.717, 1.165) is 49.4 Å². The summed E-state index contributed by atoms with van der Waals surface area (Å²) < 4.78 is 0. The lowest BCUT2D eigenvalue weighted by molar-refractivity contribution is 0.0957. The van der Waals surface area contributed by atoms with Crippen LogP contribution < -0.4 is 16.0 Å². The lowest BCUT2D eigenvalue weighted by atomic mass is 10.0. The van der Waals surface area contributed by atoms with Gasteiger partial charge < -0.3 is 20.9 Å². The molecule has 8 heteroatoms. The molecule has 160 valence electrons. The second-order valence-electron chi connectivity index (χ2n) is 7.01. The summed E-state index contributed by atoms with van der Waals surface area (Å²) in [6, 6.07) is 4.46. The second-order valence-corrected chi connectivity index (χ2v) is 7.96. The van der Waals surface area contributed by atoms with Crippen molar-refractivity contribution < 1.29 is 4.79 Å². The van der Waals surface area contributed by atoms with Crippen LogP contribution in [0.15, 0.2) is 22.5 Å². The molecule has 1 saturated heterocycles. The van der Waals surface area contributed by atoms with E-state index in [1.807, 2.05) is 17.5 Å². The molecule has 0 aliphatic carbocycles. The highest BCUT2D eigenvalue weighted by atomic mass is 127. The van der Waals surface area contributed by atoms with Crippen molar-refractivity contribution in [1.29, 1.82) is 0 Å². The first-order valence-electron chi connectivity index (χ1n) is 10.3. The fraction of sp³-hybridized carbons (Fsp3) is 0.700. The molecule has 1 fully saturated rings. The number of halogens is 1. The largest absolute Gasteiger partial charge is 0.357 e. The van der Waals surface area contributed by atoms with Crippen molar-refractivity contribution >= 4 is 47.2 Å². The van der Waals surface area contributed by atoms with Crippen LogP contribution in [0.2, 0.25) is 0 Å². The first kappa shape index (κ1) is 25.2. The van der Waals surface area contributed by atoms with Crippen LogP contribution in [0.5, 0.6) is 0 Å². The van der Waals surface area contributed by atoms with Gasteiger partial charge in [-0.3, -0.25) is 9.79 Å². The zero-order chi connectivity index (χ0) is 19.3. The van der Waals surface area contributed by atoms with Crippen molar-refractivity contribution in [2.45, 2.75) is 52.0 Å². The fourth-order valence-corrected chi connectivity index (χ4v) is 3.93. The van der Waals surface area contributed by atoms with Gasteiger partial charge in [0.1, 0.15) is 0 Å². The highest BCUT2D eigenvalue weighted by Crippen LogP contribution is 2.16. The molecule has 0 aromatic carbocycles. The molecule has 1 amide bonds. The molecule has 3 N–H and O–H groups in total. The topological polar surface area (TPSA) is 68.8 Å². The van der Waals surface area contributed by atoms with Crippen LogP contribution in [0.3, 0.4) is 0 Å². The summed E-state index contributed by atoms with van der Waals surface area (Å²) in [7, 11) is 0. The number of aliphatic imine (C=N–C) groups is 1. The lowest BCUT2D eigenvalue weighted by Crippen LogP contribution is -2.41. The van der Waals surface area contributed by atoms with Gasteiger partial charge in [-0.2, -0.15) is 0 Å². The lowest BCUT2D eigenvalue weighted by Gasteiger charge is -2.33. The molecule has 1 aliphatic rings. The van der Waals surface area contributed by atoms with Gasteiger partial charge in [0, 0.05) is 38.8 Å². The van der Waals surface area contributed by atoms with Gasteiger partial charge in [0.25, 0.3) is 5.91 Å². The van der Waals surface area contributed by atoms with Crippen LogP contribution in [0.4, 0.5) is 0 Å². The molecule has 2 rings (SSSR count). The average molecular weight is 522 g/mol. The summed E-state index contributed by atoms with van der Waals surface area (Å²) in [5.74, 6) is 0.875. The Labute approximate surface area is 191 Å². The number of thiophene rings is 1. The van der Waals surface area contributed by atoms with Crippen LogP contribution in [0.1, 0.15) is 55.6 Å².